The Morgan fingerprint density at radius 3 is 2.10 bits per heavy atom. The molecule has 0 aromatic heterocycles. The van der Waals surface area contributed by atoms with Crippen LogP contribution in [0.5, 0.6) is 0 Å². The zero-order chi connectivity index (χ0) is 7.83. The van der Waals surface area contributed by atoms with Crippen molar-refractivity contribution in [3.8, 4) is 0 Å². The minimum absolute atomic E-state index is 0.0130. The van der Waals surface area contributed by atoms with E-state index in [1.807, 2.05) is 13.8 Å². The summed E-state index contributed by atoms with van der Waals surface area (Å²) >= 11 is 1.72. The molecule has 1 aliphatic rings. The smallest absolute Gasteiger partial charge is 0.301 e. The van der Waals surface area contributed by atoms with E-state index in [0.717, 1.165) is 0 Å². The van der Waals surface area contributed by atoms with Gasteiger partial charge in [-0.3, -0.25) is 0 Å². The average molecular weight is 276 g/mol. The maximum atomic E-state index is 11.1. The van der Waals surface area contributed by atoms with Crippen LogP contribution in [0.1, 0.15) is 13.8 Å². The predicted octanol–water partition coefficient (Wildman–Crippen LogP) is 2.60. The van der Waals surface area contributed by atoms with Crippen molar-refractivity contribution >= 4 is 27.3 Å². The first-order valence-corrected chi connectivity index (χ1v) is 7.33. The van der Waals surface area contributed by atoms with E-state index in [-0.39, 0.29) is 5.41 Å². The lowest BCUT2D eigenvalue weighted by Crippen LogP contribution is -2.28. The summed E-state index contributed by atoms with van der Waals surface area (Å²) in [4.78, 5) is 0. The second-order valence-corrected chi connectivity index (χ2v) is 8.06. The summed E-state index contributed by atoms with van der Waals surface area (Å²) in [5.41, 5.74) is 0.0130. The molecule has 0 atom stereocenters. The Morgan fingerprint density at radius 2 is 1.80 bits per heavy atom. The minimum Gasteiger partial charge on any atom is -0.301 e. The van der Waals surface area contributed by atoms with Crippen LogP contribution in [0.3, 0.4) is 0 Å². The molecule has 0 aromatic carbocycles. The van der Waals surface area contributed by atoms with Crippen LogP contribution in [-0.4, -0.2) is 13.2 Å². The van der Waals surface area contributed by atoms with Gasteiger partial charge in [-0.2, -0.15) is 0 Å². The Morgan fingerprint density at radius 1 is 1.40 bits per heavy atom. The van der Waals surface area contributed by atoms with Crippen molar-refractivity contribution in [1.82, 2.24) is 0 Å². The Labute approximate surface area is 73.5 Å². The van der Waals surface area contributed by atoms with Crippen LogP contribution in [0, 0.1) is 5.41 Å². The summed E-state index contributed by atoms with van der Waals surface area (Å²) in [6.45, 7) is 5.08. The van der Waals surface area contributed by atoms with Gasteiger partial charge in [-0.25, -0.2) is 4.57 Å². The summed E-state index contributed by atoms with van der Waals surface area (Å²) in [6, 6.07) is 0. The largest absolute Gasteiger partial charge is 0.388 e. The molecule has 0 unspecified atom stereocenters. The van der Waals surface area contributed by atoms with Gasteiger partial charge in [0.2, 0.25) is 0 Å². The molecule has 0 radical (unpaired) electrons. The standard InChI is InChI=1S/C5H10IO3P/c1-5(2)3-8-10(6,7)9-4-5/h3-4H2,1-2H3. The monoisotopic (exact) mass is 276 g/mol. The molecule has 1 heterocycles. The van der Waals surface area contributed by atoms with Crippen molar-refractivity contribution < 1.29 is 13.6 Å². The van der Waals surface area contributed by atoms with Crippen molar-refractivity contribution in [2.24, 2.45) is 5.41 Å². The van der Waals surface area contributed by atoms with Crippen LogP contribution >= 0.6 is 27.3 Å². The molecule has 60 valence electrons. The van der Waals surface area contributed by atoms with Crippen LogP contribution in [0.15, 0.2) is 0 Å². The van der Waals surface area contributed by atoms with E-state index >= 15 is 0 Å². The Bertz CT molecular complexity index is 166. The van der Waals surface area contributed by atoms with Crippen molar-refractivity contribution in [3.05, 3.63) is 0 Å². The fourth-order valence-corrected chi connectivity index (χ4v) is 2.50. The first kappa shape index (κ1) is 8.97. The lowest BCUT2D eigenvalue weighted by Gasteiger charge is -2.31. The Kier molecular flexibility index (Phi) is 2.45. The molecule has 0 aliphatic carbocycles. The van der Waals surface area contributed by atoms with Gasteiger partial charge in [0.15, 0.2) is 0 Å². The van der Waals surface area contributed by atoms with Gasteiger partial charge in [0.05, 0.1) is 35.3 Å². The molecule has 0 saturated carbocycles. The summed E-state index contributed by atoms with van der Waals surface area (Å²) in [5.74, 6) is 0. The maximum Gasteiger partial charge on any atom is 0.388 e. The van der Waals surface area contributed by atoms with Gasteiger partial charge in [0.1, 0.15) is 0 Å². The van der Waals surface area contributed by atoms with Crippen LogP contribution in [0.4, 0.5) is 0 Å². The molecule has 3 nitrogen and oxygen atoms in total. The summed E-state index contributed by atoms with van der Waals surface area (Å²) in [7, 11) is 0. The number of halogens is 1. The Balaban J connectivity index is 2.54. The van der Waals surface area contributed by atoms with E-state index in [4.69, 9.17) is 9.05 Å². The van der Waals surface area contributed by atoms with Crippen LogP contribution in [0.25, 0.3) is 0 Å². The second kappa shape index (κ2) is 2.73. The van der Waals surface area contributed by atoms with E-state index in [0.29, 0.717) is 13.2 Å². The van der Waals surface area contributed by atoms with Gasteiger partial charge in [0, 0.05) is 5.41 Å². The van der Waals surface area contributed by atoms with Crippen molar-refractivity contribution in [2.75, 3.05) is 13.2 Å². The molecule has 1 saturated heterocycles. The fraction of sp³-hybridized carbons (Fsp3) is 1.00. The molecular formula is C5H10IO3P. The molecule has 10 heavy (non-hydrogen) atoms. The van der Waals surface area contributed by atoms with E-state index in [9.17, 15) is 4.57 Å². The molecule has 1 aliphatic heterocycles. The summed E-state index contributed by atoms with van der Waals surface area (Å²) in [5, 5.41) is -2.70. The van der Waals surface area contributed by atoms with Crippen LogP contribution < -0.4 is 0 Å². The third kappa shape index (κ3) is 2.49. The lowest BCUT2D eigenvalue weighted by atomic mass is 9.97. The highest BCUT2D eigenvalue weighted by molar-refractivity contribution is 14.2. The van der Waals surface area contributed by atoms with Gasteiger partial charge in [0.25, 0.3) is 0 Å². The minimum atomic E-state index is -2.70. The molecule has 0 spiro atoms. The van der Waals surface area contributed by atoms with E-state index < -0.39 is 5.24 Å². The summed E-state index contributed by atoms with van der Waals surface area (Å²) in [6.07, 6.45) is 0. The Hall–Kier alpha value is 0.880. The van der Waals surface area contributed by atoms with E-state index in [1.54, 1.807) is 22.0 Å². The van der Waals surface area contributed by atoms with Gasteiger partial charge in [-0.15, -0.1) is 0 Å². The SMILES string of the molecule is CC1(C)COP(=O)(I)OC1. The van der Waals surface area contributed by atoms with Gasteiger partial charge in [-0.05, 0) is 0 Å². The third-order valence-corrected chi connectivity index (χ3v) is 3.77. The van der Waals surface area contributed by atoms with Crippen molar-refractivity contribution in [2.45, 2.75) is 13.8 Å². The first-order chi connectivity index (χ1) is 4.41. The number of hydrogen-bond acceptors (Lipinski definition) is 3. The molecular weight excluding hydrogens is 266 g/mol. The van der Waals surface area contributed by atoms with Gasteiger partial charge in [-0.1, -0.05) is 13.8 Å². The highest BCUT2D eigenvalue weighted by Gasteiger charge is 2.33. The van der Waals surface area contributed by atoms with E-state index in [2.05, 4.69) is 0 Å². The van der Waals surface area contributed by atoms with Gasteiger partial charge >= 0.3 is 5.24 Å². The molecule has 0 amide bonds. The number of hydrogen-bond donors (Lipinski definition) is 0. The molecule has 0 aromatic rings. The predicted molar refractivity (Wildman–Crippen MR) is 47.3 cm³/mol. The third-order valence-electron chi connectivity index (χ3n) is 1.22. The van der Waals surface area contributed by atoms with Gasteiger partial charge < -0.3 is 9.05 Å². The van der Waals surface area contributed by atoms with Crippen LogP contribution in [-0.2, 0) is 13.6 Å². The maximum absolute atomic E-state index is 11.1. The molecule has 1 fully saturated rings. The molecule has 0 bridgehead atoms. The second-order valence-electron chi connectivity index (χ2n) is 3.14. The average Bonchev–Trinajstić information content (AvgIpc) is 1.79. The molecule has 5 heteroatoms. The van der Waals surface area contributed by atoms with E-state index in [1.165, 1.54) is 0 Å². The lowest BCUT2D eigenvalue weighted by molar-refractivity contribution is 0.0519. The highest BCUT2D eigenvalue weighted by Crippen LogP contribution is 2.60. The zero-order valence-electron chi connectivity index (χ0n) is 5.96. The summed E-state index contributed by atoms with van der Waals surface area (Å²) < 4.78 is 21.1. The quantitative estimate of drug-likeness (QED) is 0.504. The first-order valence-electron chi connectivity index (χ1n) is 3.00. The van der Waals surface area contributed by atoms with Crippen LogP contribution in [0.2, 0.25) is 0 Å². The topological polar surface area (TPSA) is 35.5 Å². The fourth-order valence-electron chi connectivity index (χ4n) is 0.583. The highest BCUT2D eigenvalue weighted by atomic mass is 127. The zero-order valence-corrected chi connectivity index (χ0v) is 9.02. The normalized spacial score (nSPS) is 29.9. The molecule has 0 N–H and O–H groups in total. The number of rotatable bonds is 0. The van der Waals surface area contributed by atoms with Crippen molar-refractivity contribution in [3.63, 3.8) is 0 Å². The van der Waals surface area contributed by atoms with Crippen molar-refractivity contribution in [1.29, 1.82) is 0 Å². The molecule has 1 rings (SSSR count).